The maximum Gasteiger partial charge on any atom is 0.332 e. The quantitative estimate of drug-likeness (QED) is 0.501. The van der Waals surface area contributed by atoms with Crippen LogP contribution in [0.5, 0.6) is 5.75 Å². The van der Waals surface area contributed by atoms with Crippen LogP contribution in [0.25, 0.3) is 22.6 Å². The van der Waals surface area contributed by atoms with Crippen molar-refractivity contribution in [3.8, 4) is 17.1 Å². The number of methoxy groups -OCH3 is 1. The standard InChI is InChI=1S/C21H18ClFN4O3/c1-25-19-17(20(28)26(2)21(25)29)27(11-14-15(22)8-5-9-16(14)23)18(24-19)12-6-4-7-13(10-12)30-3/h4-10H,11H2,1-3H3. The van der Waals surface area contributed by atoms with E-state index in [0.717, 1.165) is 4.57 Å². The second-order valence-corrected chi connectivity index (χ2v) is 7.24. The van der Waals surface area contributed by atoms with Gasteiger partial charge in [-0.1, -0.05) is 29.8 Å². The van der Waals surface area contributed by atoms with Crippen LogP contribution < -0.4 is 16.0 Å². The molecule has 0 fully saturated rings. The van der Waals surface area contributed by atoms with Crippen molar-refractivity contribution < 1.29 is 9.13 Å². The molecule has 2 aromatic heterocycles. The van der Waals surface area contributed by atoms with Crippen LogP contribution in [-0.4, -0.2) is 25.8 Å². The van der Waals surface area contributed by atoms with Gasteiger partial charge in [0.25, 0.3) is 5.56 Å². The monoisotopic (exact) mass is 428 g/mol. The molecule has 0 unspecified atom stereocenters. The lowest BCUT2D eigenvalue weighted by molar-refractivity contribution is 0.415. The highest BCUT2D eigenvalue weighted by atomic mass is 35.5. The highest BCUT2D eigenvalue weighted by molar-refractivity contribution is 6.31. The molecular formula is C21H18ClFN4O3. The Morgan fingerprint density at radius 2 is 1.83 bits per heavy atom. The van der Waals surface area contributed by atoms with Crippen LogP contribution >= 0.6 is 11.6 Å². The number of imidazole rings is 1. The second kappa shape index (κ2) is 7.46. The number of hydrogen-bond acceptors (Lipinski definition) is 4. The molecule has 0 amide bonds. The maximum atomic E-state index is 14.5. The topological polar surface area (TPSA) is 71.1 Å². The van der Waals surface area contributed by atoms with E-state index in [1.807, 2.05) is 0 Å². The molecule has 0 radical (unpaired) electrons. The Labute approximate surface area is 175 Å². The second-order valence-electron chi connectivity index (χ2n) is 6.83. The summed E-state index contributed by atoms with van der Waals surface area (Å²) < 4.78 is 23.7. The first-order valence-electron chi connectivity index (χ1n) is 9.07. The predicted octanol–water partition coefficient (Wildman–Crippen LogP) is 2.95. The van der Waals surface area contributed by atoms with Gasteiger partial charge in [0, 0.05) is 30.2 Å². The van der Waals surface area contributed by atoms with E-state index in [2.05, 4.69) is 4.98 Å². The van der Waals surface area contributed by atoms with Gasteiger partial charge in [0.1, 0.15) is 17.4 Å². The van der Waals surface area contributed by atoms with E-state index in [-0.39, 0.29) is 28.3 Å². The highest BCUT2D eigenvalue weighted by Crippen LogP contribution is 2.28. The van der Waals surface area contributed by atoms with E-state index in [9.17, 15) is 14.0 Å². The third-order valence-corrected chi connectivity index (χ3v) is 5.41. The van der Waals surface area contributed by atoms with Crippen molar-refractivity contribution in [3.63, 3.8) is 0 Å². The van der Waals surface area contributed by atoms with Crippen LogP contribution in [0.1, 0.15) is 5.56 Å². The first-order chi connectivity index (χ1) is 14.3. The molecule has 2 heterocycles. The molecule has 4 rings (SSSR count). The van der Waals surface area contributed by atoms with E-state index >= 15 is 0 Å². The smallest absolute Gasteiger partial charge is 0.332 e. The van der Waals surface area contributed by atoms with Gasteiger partial charge in [0.05, 0.1) is 13.7 Å². The average molecular weight is 429 g/mol. The summed E-state index contributed by atoms with van der Waals surface area (Å²) in [6.45, 7) is -0.0397. The molecule has 0 atom stereocenters. The molecule has 0 aliphatic carbocycles. The van der Waals surface area contributed by atoms with Gasteiger partial charge in [-0.2, -0.15) is 0 Å². The van der Waals surface area contributed by atoms with E-state index < -0.39 is 17.1 Å². The summed E-state index contributed by atoms with van der Waals surface area (Å²) in [6, 6.07) is 11.5. The van der Waals surface area contributed by atoms with Crippen LogP contribution in [0.3, 0.4) is 0 Å². The number of nitrogens with zero attached hydrogens (tertiary/aromatic N) is 4. The van der Waals surface area contributed by atoms with Gasteiger partial charge in [-0.15, -0.1) is 0 Å². The minimum absolute atomic E-state index is 0.0397. The molecule has 2 aromatic carbocycles. The first kappa shape index (κ1) is 19.9. The van der Waals surface area contributed by atoms with Crippen LogP contribution in [0.15, 0.2) is 52.1 Å². The van der Waals surface area contributed by atoms with Gasteiger partial charge in [-0.25, -0.2) is 14.2 Å². The van der Waals surface area contributed by atoms with E-state index in [1.54, 1.807) is 42.0 Å². The zero-order valence-electron chi connectivity index (χ0n) is 16.5. The zero-order valence-corrected chi connectivity index (χ0v) is 17.3. The largest absolute Gasteiger partial charge is 0.497 e. The van der Waals surface area contributed by atoms with Crippen LogP contribution in [0.4, 0.5) is 4.39 Å². The Balaban J connectivity index is 2.09. The summed E-state index contributed by atoms with van der Waals surface area (Å²) in [6.07, 6.45) is 0. The van der Waals surface area contributed by atoms with E-state index in [1.165, 1.54) is 30.8 Å². The lowest BCUT2D eigenvalue weighted by Gasteiger charge is -2.12. The molecule has 0 bridgehead atoms. The van der Waals surface area contributed by atoms with Crippen molar-refractivity contribution in [3.05, 3.63) is 79.7 Å². The molecule has 0 spiro atoms. The molecule has 0 saturated heterocycles. The summed E-state index contributed by atoms with van der Waals surface area (Å²) >= 11 is 6.24. The van der Waals surface area contributed by atoms with E-state index in [0.29, 0.717) is 17.1 Å². The van der Waals surface area contributed by atoms with Crippen LogP contribution in [-0.2, 0) is 20.6 Å². The summed E-state index contributed by atoms with van der Waals surface area (Å²) in [5.41, 5.74) is 0.219. The SMILES string of the molecule is COc1cccc(-c2nc3c(c(=O)n(C)c(=O)n3C)n2Cc2c(F)cccc2Cl)c1. The predicted molar refractivity (Wildman–Crippen MR) is 113 cm³/mol. The van der Waals surface area contributed by atoms with Crippen molar-refractivity contribution in [2.75, 3.05) is 7.11 Å². The molecule has 9 heteroatoms. The molecule has 0 N–H and O–H groups in total. The highest BCUT2D eigenvalue weighted by Gasteiger charge is 2.22. The van der Waals surface area contributed by atoms with E-state index in [4.69, 9.17) is 16.3 Å². The summed E-state index contributed by atoms with van der Waals surface area (Å²) in [4.78, 5) is 30.0. The van der Waals surface area contributed by atoms with Crippen molar-refractivity contribution in [1.29, 1.82) is 0 Å². The Bertz CT molecular complexity index is 1380. The number of hydrogen-bond donors (Lipinski definition) is 0. The minimum atomic E-state index is -0.526. The van der Waals surface area contributed by atoms with Gasteiger partial charge in [0.15, 0.2) is 11.2 Å². The minimum Gasteiger partial charge on any atom is -0.497 e. The summed E-state index contributed by atoms with van der Waals surface area (Å²) in [5, 5.41) is 0.232. The summed E-state index contributed by atoms with van der Waals surface area (Å²) in [5.74, 6) is 0.487. The van der Waals surface area contributed by atoms with Gasteiger partial charge in [-0.05, 0) is 24.3 Å². The third-order valence-electron chi connectivity index (χ3n) is 5.05. The molecule has 30 heavy (non-hydrogen) atoms. The number of aryl methyl sites for hydroxylation is 1. The lowest BCUT2D eigenvalue weighted by atomic mass is 10.1. The van der Waals surface area contributed by atoms with Crippen LogP contribution in [0.2, 0.25) is 5.02 Å². The van der Waals surface area contributed by atoms with Crippen molar-refractivity contribution in [2.24, 2.45) is 14.1 Å². The van der Waals surface area contributed by atoms with Gasteiger partial charge in [0.2, 0.25) is 0 Å². The Morgan fingerprint density at radius 3 is 2.53 bits per heavy atom. The van der Waals surface area contributed by atoms with Crippen molar-refractivity contribution in [1.82, 2.24) is 18.7 Å². The Hall–Kier alpha value is -3.39. The fourth-order valence-corrected chi connectivity index (χ4v) is 3.65. The third kappa shape index (κ3) is 3.09. The fourth-order valence-electron chi connectivity index (χ4n) is 3.42. The maximum absolute atomic E-state index is 14.5. The number of rotatable bonds is 4. The Morgan fingerprint density at radius 1 is 1.10 bits per heavy atom. The fraction of sp³-hybridized carbons (Fsp3) is 0.190. The normalized spacial score (nSPS) is 11.2. The average Bonchev–Trinajstić information content (AvgIpc) is 3.13. The zero-order chi connectivity index (χ0) is 21.6. The van der Waals surface area contributed by atoms with Crippen LogP contribution in [0, 0.1) is 5.82 Å². The number of aromatic nitrogens is 4. The Kier molecular flexibility index (Phi) is 4.95. The van der Waals surface area contributed by atoms with Gasteiger partial charge >= 0.3 is 5.69 Å². The number of benzene rings is 2. The molecule has 0 aliphatic heterocycles. The molecular weight excluding hydrogens is 411 g/mol. The van der Waals surface area contributed by atoms with Crippen molar-refractivity contribution in [2.45, 2.75) is 6.54 Å². The first-order valence-corrected chi connectivity index (χ1v) is 9.44. The molecule has 4 aromatic rings. The molecule has 0 saturated carbocycles. The number of halogens is 2. The van der Waals surface area contributed by atoms with Gasteiger partial charge in [-0.3, -0.25) is 13.9 Å². The molecule has 154 valence electrons. The molecule has 0 aliphatic rings. The molecule has 7 nitrogen and oxygen atoms in total. The summed E-state index contributed by atoms with van der Waals surface area (Å²) in [7, 11) is 4.47. The lowest BCUT2D eigenvalue weighted by Crippen LogP contribution is -2.37. The number of ether oxygens (including phenoxy) is 1. The van der Waals surface area contributed by atoms with Crippen molar-refractivity contribution >= 4 is 22.8 Å². The van der Waals surface area contributed by atoms with Gasteiger partial charge < -0.3 is 9.30 Å². The number of fused-ring (bicyclic) bond motifs is 1.